The van der Waals surface area contributed by atoms with Crippen LogP contribution in [0.25, 0.3) is 16.7 Å². The van der Waals surface area contributed by atoms with Crippen molar-refractivity contribution >= 4 is 39.9 Å². The van der Waals surface area contributed by atoms with Crippen molar-refractivity contribution in [2.24, 2.45) is 0 Å². The number of benzene rings is 1. The first-order valence-electron chi connectivity index (χ1n) is 14.5. The zero-order valence-corrected chi connectivity index (χ0v) is 25.0. The molecule has 0 unspecified atom stereocenters. The number of halogens is 1. The third-order valence-corrected chi connectivity index (χ3v) is 7.85. The molecule has 2 bridgehead atoms. The van der Waals surface area contributed by atoms with Crippen molar-refractivity contribution in [3.8, 4) is 17.2 Å². The van der Waals surface area contributed by atoms with Crippen molar-refractivity contribution in [3.63, 3.8) is 0 Å². The number of nitrogens with zero attached hydrogens (tertiary/aromatic N) is 9. The second-order valence-electron chi connectivity index (χ2n) is 11.2. The van der Waals surface area contributed by atoms with Gasteiger partial charge in [-0.15, -0.1) is 0 Å². The molecule has 45 heavy (non-hydrogen) atoms. The van der Waals surface area contributed by atoms with E-state index in [2.05, 4.69) is 30.3 Å². The molecular weight excluding hydrogens is 579 g/mol. The highest BCUT2D eigenvalue weighted by atomic mass is 19.1. The summed E-state index contributed by atoms with van der Waals surface area (Å²) in [6.45, 7) is 4.39. The maximum Gasteiger partial charge on any atom is 0.246 e. The molecule has 2 aliphatic rings. The topological polar surface area (TPSA) is 126 Å². The summed E-state index contributed by atoms with van der Waals surface area (Å²) in [6.07, 6.45) is 8.07. The second kappa shape index (κ2) is 11.6. The molecule has 1 aromatic carbocycles. The number of hydrogen-bond acceptors (Lipinski definition) is 11. The third kappa shape index (κ3) is 5.55. The molecule has 5 aromatic rings. The van der Waals surface area contributed by atoms with Gasteiger partial charge in [0.2, 0.25) is 5.91 Å². The molecule has 1 atom stereocenters. The van der Waals surface area contributed by atoms with E-state index in [0.29, 0.717) is 83.9 Å². The van der Waals surface area contributed by atoms with Crippen LogP contribution in [0.2, 0.25) is 0 Å². The van der Waals surface area contributed by atoms with Gasteiger partial charge in [0.25, 0.3) is 0 Å². The molecule has 0 radical (unpaired) electrons. The molecule has 0 saturated carbocycles. The van der Waals surface area contributed by atoms with Gasteiger partial charge in [0, 0.05) is 56.1 Å². The number of aromatic nitrogens is 6. The lowest BCUT2D eigenvalue weighted by molar-refractivity contribution is -0.129. The van der Waals surface area contributed by atoms with Crippen molar-refractivity contribution in [1.29, 1.82) is 0 Å². The Morgan fingerprint density at radius 2 is 2.07 bits per heavy atom. The minimum absolute atomic E-state index is 0.0309. The Hall–Kier alpha value is -5.37. The summed E-state index contributed by atoms with van der Waals surface area (Å²) in [7, 11) is 3.91. The van der Waals surface area contributed by atoms with Crippen molar-refractivity contribution in [1.82, 2.24) is 39.3 Å². The molecule has 6 heterocycles. The molecule has 1 amide bonds. The van der Waals surface area contributed by atoms with Crippen LogP contribution < -0.4 is 19.7 Å². The minimum atomic E-state index is -0.482. The SMILES string of the molecule is Cc1c(Oc2ccn3ncnc3c2)ccc(Nc2ncnc3cc4c(nc23)N2CCN(C(=O)/C=C/CN(C)C)[C@@H](CO4)C2)c1F. The average molecular weight is 611 g/mol. The number of carbonyl (C=O) groups excluding carboxylic acids is 1. The molecule has 2 aliphatic heterocycles. The molecule has 1 N–H and O–H groups in total. The molecule has 0 aliphatic carbocycles. The lowest BCUT2D eigenvalue weighted by Crippen LogP contribution is -2.56. The normalized spacial score (nSPS) is 16.2. The van der Waals surface area contributed by atoms with Gasteiger partial charge >= 0.3 is 0 Å². The fourth-order valence-electron chi connectivity index (χ4n) is 5.50. The quantitative estimate of drug-likeness (QED) is 0.272. The Labute approximate surface area is 257 Å². The number of piperazine rings is 1. The van der Waals surface area contributed by atoms with Crippen LogP contribution in [0, 0.1) is 12.7 Å². The number of pyridine rings is 2. The van der Waals surface area contributed by atoms with Crippen LogP contribution in [0.3, 0.4) is 0 Å². The Balaban J connectivity index is 1.12. The summed E-state index contributed by atoms with van der Waals surface area (Å²) < 4.78 is 29.4. The first-order valence-corrected chi connectivity index (χ1v) is 14.5. The van der Waals surface area contributed by atoms with E-state index in [9.17, 15) is 4.79 Å². The van der Waals surface area contributed by atoms with Crippen LogP contribution in [0.5, 0.6) is 17.2 Å². The van der Waals surface area contributed by atoms with Crippen molar-refractivity contribution in [3.05, 3.63) is 72.7 Å². The van der Waals surface area contributed by atoms with Gasteiger partial charge in [-0.05, 0) is 39.2 Å². The molecule has 14 heteroatoms. The van der Waals surface area contributed by atoms with Crippen LogP contribution >= 0.6 is 0 Å². The van der Waals surface area contributed by atoms with E-state index < -0.39 is 5.82 Å². The molecular formula is C31H31FN10O3. The predicted molar refractivity (Wildman–Crippen MR) is 166 cm³/mol. The van der Waals surface area contributed by atoms with E-state index in [4.69, 9.17) is 14.5 Å². The summed E-state index contributed by atoms with van der Waals surface area (Å²) >= 11 is 0. The number of anilines is 3. The van der Waals surface area contributed by atoms with Gasteiger partial charge < -0.3 is 29.5 Å². The Kier molecular flexibility index (Phi) is 7.33. The van der Waals surface area contributed by atoms with E-state index in [1.807, 2.05) is 36.0 Å². The maximum absolute atomic E-state index is 15.7. The number of ether oxygens (including phenoxy) is 2. The van der Waals surface area contributed by atoms with Crippen LogP contribution in [0.4, 0.5) is 21.7 Å². The fourth-order valence-corrected chi connectivity index (χ4v) is 5.50. The molecule has 1 fully saturated rings. The van der Waals surface area contributed by atoms with Gasteiger partial charge in [0.05, 0.1) is 17.2 Å². The monoisotopic (exact) mass is 610 g/mol. The van der Waals surface area contributed by atoms with Gasteiger partial charge in [0.15, 0.2) is 28.8 Å². The summed E-state index contributed by atoms with van der Waals surface area (Å²) in [5, 5.41) is 7.18. The summed E-state index contributed by atoms with van der Waals surface area (Å²) in [5.41, 5.74) is 2.18. The Morgan fingerprint density at radius 3 is 2.93 bits per heavy atom. The molecule has 0 spiro atoms. The van der Waals surface area contributed by atoms with E-state index in [1.165, 1.54) is 12.7 Å². The van der Waals surface area contributed by atoms with Gasteiger partial charge in [-0.2, -0.15) is 5.10 Å². The Morgan fingerprint density at radius 1 is 1.18 bits per heavy atom. The van der Waals surface area contributed by atoms with Crippen LogP contribution in [-0.4, -0.2) is 98.2 Å². The Bertz CT molecular complexity index is 1940. The molecule has 7 rings (SSSR count). The third-order valence-electron chi connectivity index (χ3n) is 7.85. The van der Waals surface area contributed by atoms with Gasteiger partial charge in [-0.1, -0.05) is 6.08 Å². The number of amides is 1. The lowest BCUT2D eigenvalue weighted by atomic mass is 10.1. The number of hydrogen-bond donors (Lipinski definition) is 1. The number of likely N-dealkylation sites (N-methyl/N-ethyl adjacent to an activating group) is 1. The minimum Gasteiger partial charge on any atom is -0.487 e. The zero-order valence-electron chi connectivity index (χ0n) is 25.0. The van der Waals surface area contributed by atoms with Crippen LogP contribution in [0.1, 0.15) is 5.56 Å². The molecule has 13 nitrogen and oxygen atoms in total. The summed E-state index contributed by atoms with van der Waals surface area (Å²) in [4.78, 5) is 36.8. The van der Waals surface area contributed by atoms with Crippen molar-refractivity contribution in [2.45, 2.75) is 13.0 Å². The standard InChI is InChI=1S/C31H31FN10O3/c1-19-24(45-21-8-10-42-26(13-21)34-18-36-42)7-6-22(28(19)32)37-30-29-23(33-17-35-30)14-25-31(38-29)40-11-12-41(20(15-40)16-44-25)27(43)5-4-9-39(2)3/h4-8,10,13-14,17-18,20H,9,11-12,15-16H2,1-3H3,(H,33,35,37)/b5-4+/t20-/m1/s1. The van der Waals surface area contributed by atoms with E-state index >= 15 is 4.39 Å². The highest BCUT2D eigenvalue weighted by molar-refractivity contribution is 5.91. The van der Waals surface area contributed by atoms with E-state index in [1.54, 1.807) is 48.0 Å². The van der Waals surface area contributed by atoms with Gasteiger partial charge in [0.1, 0.15) is 36.3 Å². The van der Waals surface area contributed by atoms with Crippen molar-refractivity contribution < 1.29 is 18.7 Å². The largest absolute Gasteiger partial charge is 0.487 e. The van der Waals surface area contributed by atoms with Gasteiger partial charge in [-0.25, -0.2) is 28.8 Å². The zero-order chi connectivity index (χ0) is 31.1. The van der Waals surface area contributed by atoms with Crippen molar-refractivity contribution in [2.75, 3.05) is 57.1 Å². The van der Waals surface area contributed by atoms with E-state index in [-0.39, 0.29) is 17.6 Å². The summed E-state index contributed by atoms with van der Waals surface area (Å²) in [5.74, 6) is 1.95. The first kappa shape index (κ1) is 28.4. The number of rotatable bonds is 7. The molecule has 4 aromatic heterocycles. The maximum atomic E-state index is 15.7. The summed E-state index contributed by atoms with van der Waals surface area (Å²) in [6, 6.07) is 8.45. The average Bonchev–Trinajstić information content (AvgIpc) is 3.46. The smallest absolute Gasteiger partial charge is 0.246 e. The van der Waals surface area contributed by atoms with Crippen LogP contribution in [0.15, 0.2) is 61.3 Å². The fraction of sp³-hybridized carbons (Fsp3) is 0.290. The number of fused-ring (bicyclic) bond motifs is 6. The highest BCUT2D eigenvalue weighted by Crippen LogP contribution is 2.37. The second-order valence-corrected chi connectivity index (χ2v) is 11.2. The lowest BCUT2D eigenvalue weighted by Gasteiger charge is -2.39. The van der Waals surface area contributed by atoms with Crippen LogP contribution in [-0.2, 0) is 4.79 Å². The number of carbonyl (C=O) groups is 1. The highest BCUT2D eigenvalue weighted by Gasteiger charge is 2.35. The first-order chi connectivity index (χ1) is 21.8. The molecule has 1 saturated heterocycles. The van der Waals surface area contributed by atoms with E-state index in [0.717, 1.165) is 0 Å². The molecule has 230 valence electrons. The number of nitrogens with one attached hydrogen (secondary N) is 1. The van der Waals surface area contributed by atoms with Gasteiger partial charge in [-0.3, -0.25) is 4.79 Å². The predicted octanol–water partition coefficient (Wildman–Crippen LogP) is 3.58.